The first kappa shape index (κ1) is 18.9. The zero-order valence-electron chi connectivity index (χ0n) is 13.8. The van der Waals surface area contributed by atoms with Gasteiger partial charge in [0.2, 0.25) is 5.91 Å². The average molecular weight is 362 g/mol. The summed E-state index contributed by atoms with van der Waals surface area (Å²) in [5, 5.41) is 16.2. The lowest BCUT2D eigenvalue weighted by Gasteiger charge is -2.15. The number of benzene rings is 1. The van der Waals surface area contributed by atoms with Crippen LogP contribution in [0.2, 0.25) is 0 Å². The Morgan fingerprint density at radius 1 is 1.20 bits per heavy atom. The highest BCUT2D eigenvalue weighted by Gasteiger charge is 2.21. The molecule has 0 bridgehead atoms. The van der Waals surface area contributed by atoms with E-state index in [4.69, 9.17) is 10.8 Å². The van der Waals surface area contributed by atoms with E-state index in [2.05, 4.69) is 15.6 Å². The van der Waals surface area contributed by atoms with E-state index in [0.29, 0.717) is 18.1 Å². The SMILES string of the molecule is NCCCCCC(NC(=O)O)C(=O)Nc1nc(-c2ccccc2)cs1. The van der Waals surface area contributed by atoms with Crippen molar-refractivity contribution in [1.29, 1.82) is 0 Å². The molecule has 0 saturated heterocycles. The molecule has 0 saturated carbocycles. The number of hydrogen-bond donors (Lipinski definition) is 4. The first-order valence-corrected chi connectivity index (χ1v) is 8.99. The van der Waals surface area contributed by atoms with Crippen LogP contribution in [0.25, 0.3) is 11.3 Å². The van der Waals surface area contributed by atoms with Crippen molar-refractivity contribution < 1.29 is 14.7 Å². The standard InChI is InChI=1S/C17H22N4O3S/c18-10-6-2-5-9-13(20-17(23)24)15(22)21-16-19-14(11-25-16)12-7-3-1-4-8-12/h1,3-4,7-8,11,13,20H,2,5-6,9-10,18H2,(H,23,24)(H,19,21,22). The van der Waals surface area contributed by atoms with Crippen molar-refractivity contribution in [3.05, 3.63) is 35.7 Å². The van der Waals surface area contributed by atoms with Gasteiger partial charge in [-0.1, -0.05) is 43.2 Å². The number of unbranched alkanes of at least 4 members (excludes halogenated alkanes) is 2. The van der Waals surface area contributed by atoms with Gasteiger partial charge < -0.3 is 21.5 Å². The summed E-state index contributed by atoms with van der Waals surface area (Å²) in [6.07, 6.45) is 1.64. The minimum atomic E-state index is -1.22. The van der Waals surface area contributed by atoms with Crippen molar-refractivity contribution in [2.24, 2.45) is 5.73 Å². The number of carbonyl (C=O) groups excluding carboxylic acids is 1. The van der Waals surface area contributed by atoms with E-state index < -0.39 is 18.0 Å². The second-order valence-corrected chi connectivity index (χ2v) is 6.39. The molecule has 0 spiro atoms. The molecule has 0 aliphatic rings. The van der Waals surface area contributed by atoms with Crippen LogP contribution in [0.1, 0.15) is 25.7 Å². The third-order valence-electron chi connectivity index (χ3n) is 3.61. The molecule has 1 aromatic carbocycles. The molecule has 25 heavy (non-hydrogen) atoms. The maximum atomic E-state index is 12.4. The van der Waals surface area contributed by atoms with E-state index in [9.17, 15) is 9.59 Å². The quantitative estimate of drug-likeness (QED) is 0.512. The Balaban J connectivity index is 1.97. The first-order chi connectivity index (χ1) is 12.1. The fourth-order valence-corrected chi connectivity index (χ4v) is 3.08. The van der Waals surface area contributed by atoms with E-state index in [1.807, 2.05) is 35.7 Å². The van der Waals surface area contributed by atoms with Gasteiger partial charge in [0.15, 0.2) is 5.13 Å². The van der Waals surface area contributed by atoms with Gasteiger partial charge in [0.1, 0.15) is 6.04 Å². The number of hydrogen-bond acceptors (Lipinski definition) is 5. The van der Waals surface area contributed by atoms with Gasteiger partial charge in [-0.05, 0) is 19.4 Å². The number of amides is 2. The monoisotopic (exact) mass is 362 g/mol. The lowest BCUT2D eigenvalue weighted by Crippen LogP contribution is -2.43. The highest BCUT2D eigenvalue weighted by atomic mass is 32.1. The minimum absolute atomic E-state index is 0.399. The van der Waals surface area contributed by atoms with E-state index >= 15 is 0 Å². The molecule has 1 aromatic heterocycles. The number of anilines is 1. The predicted octanol–water partition coefficient (Wildman–Crippen LogP) is 2.90. The highest BCUT2D eigenvalue weighted by molar-refractivity contribution is 7.14. The average Bonchev–Trinajstić information content (AvgIpc) is 3.06. The fourth-order valence-electron chi connectivity index (χ4n) is 2.35. The Bertz CT molecular complexity index is 690. The molecule has 0 aliphatic heterocycles. The zero-order chi connectivity index (χ0) is 18.1. The van der Waals surface area contributed by atoms with Gasteiger partial charge in [0.25, 0.3) is 0 Å². The van der Waals surface area contributed by atoms with Gasteiger partial charge in [0, 0.05) is 10.9 Å². The van der Waals surface area contributed by atoms with E-state index in [0.717, 1.165) is 30.5 Å². The Hall–Kier alpha value is -2.45. The molecule has 1 atom stereocenters. The normalized spacial score (nSPS) is 11.7. The van der Waals surface area contributed by atoms with E-state index in [-0.39, 0.29) is 0 Å². The number of nitrogens with two attached hydrogens (primary N) is 1. The van der Waals surface area contributed by atoms with Crippen molar-refractivity contribution in [3.8, 4) is 11.3 Å². The van der Waals surface area contributed by atoms with Crippen LogP contribution in [0.3, 0.4) is 0 Å². The molecule has 5 N–H and O–H groups in total. The summed E-state index contributed by atoms with van der Waals surface area (Å²) in [4.78, 5) is 27.7. The summed E-state index contributed by atoms with van der Waals surface area (Å²) in [6, 6.07) is 8.83. The lowest BCUT2D eigenvalue weighted by molar-refractivity contribution is -0.118. The van der Waals surface area contributed by atoms with Crippen LogP contribution in [0.4, 0.5) is 9.93 Å². The molecule has 1 unspecified atom stereocenters. The molecule has 8 heteroatoms. The van der Waals surface area contributed by atoms with Gasteiger partial charge in [-0.3, -0.25) is 4.79 Å². The van der Waals surface area contributed by atoms with Crippen molar-refractivity contribution in [3.63, 3.8) is 0 Å². The van der Waals surface area contributed by atoms with Gasteiger partial charge in [-0.15, -0.1) is 11.3 Å². The number of aromatic nitrogens is 1. The number of rotatable bonds is 9. The summed E-state index contributed by atoms with van der Waals surface area (Å²) in [5.74, 6) is -0.399. The van der Waals surface area contributed by atoms with Crippen LogP contribution in [0.15, 0.2) is 35.7 Å². The molecule has 0 radical (unpaired) electrons. The number of nitrogens with zero attached hydrogens (tertiary/aromatic N) is 1. The summed E-state index contributed by atoms with van der Waals surface area (Å²) < 4.78 is 0. The summed E-state index contributed by atoms with van der Waals surface area (Å²) in [6.45, 7) is 0.588. The molecule has 2 amide bonds. The molecule has 2 rings (SSSR count). The Kier molecular flexibility index (Phi) is 7.36. The van der Waals surface area contributed by atoms with Crippen LogP contribution in [-0.2, 0) is 4.79 Å². The Labute approximate surface area is 150 Å². The van der Waals surface area contributed by atoms with Crippen molar-refractivity contribution in [1.82, 2.24) is 10.3 Å². The number of nitrogens with one attached hydrogen (secondary N) is 2. The Morgan fingerprint density at radius 2 is 1.96 bits per heavy atom. The Morgan fingerprint density at radius 3 is 2.64 bits per heavy atom. The highest BCUT2D eigenvalue weighted by Crippen LogP contribution is 2.24. The van der Waals surface area contributed by atoms with Crippen molar-refractivity contribution in [2.75, 3.05) is 11.9 Å². The summed E-state index contributed by atoms with van der Waals surface area (Å²) >= 11 is 1.31. The van der Waals surface area contributed by atoms with Gasteiger partial charge in [-0.2, -0.15) is 0 Å². The first-order valence-electron chi connectivity index (χ1n) is 8.11. The third kappa shape index (κ3) is 6.17. The van der Waals surface area contributed by atoms with E-state index in [1.54, 1.807) is 0 Å². The molecule has 0 aliphatic carbocycles. The number of thiazole rings is 1. The van der Waals surface area contributed by atoms with Gasteiger partial charge in [-0.25, -0.2) is 9.78 Å². The zero-order valence-corrected chi connectivity index (χ0v) is 14.6. The largest absolute Gasteiger partial charge is 0.465 e. The molecular weight excluding hydrogens is 340 g/mol. The molecule has 1 heterocycles. The molecular formula is C17H22N4O3S. The second-order valence-electron chi connectivity index (χ2n) is 5.53. The van der Waals surface area contributed by atoms with Gasteiger partial charge >= 0.3 is 6.09 Å². The van der Waals surface area contributed by atoms with Crippen LogP contribution in [0.5, 0.6) is 0 Å². The number of carbonyl (C=O) groups is 2. The predicted molar refractivity (Wildman–Crippen MR) is 98.7 cm³/mol. The molecule has 134 valence electrons. The fraction of sp³-hybridized carbons (Fsp3) is 0.353. The van der Waals surface area contributed by atoms with Crippen molar-refractivity contribution in [2.45, 2.75) is 31.7 Å². The molecule has 2 aromatic rings. The van der Waals surface area contributed by atoms with Crippen LogP contribution < -0.4 is 16.4 Å². The van der Waals surface area contributed by atoms with Crippen LogP contribution in [-0.4, -0.2) is 34.7 Å². The van der Waals surface area contributed by atoms with Crippen molar-refractivity contribution >= 4 is 28.5 Å². The smallest absolute Gasteiger partial charge is 0.405 e. The van der Waals surface area contributed by atoms with Crippen LogP contribution in [0, 0.1) is 0 Å². The molecule has 7 nitrogen and oxygen atoms in total. The lowest BCUT2D eigenvalue weighted by atomic mass is 10.1. The molecule has 0 fully saturated rings. The maximum absolute atomic E-state index is 12.4. The topological polar surface area (TPSA) is 117 Å². The maximum Gasteiger partial charge on any atom is 0.405 e. The summed E-state index contributed by atoms with van der Waals surface area (Å²) in [7, 11) is 0. The number of carboxylic acid groups (broad SMARTS) is 1. The second kappa shape index (κ2) is 9.75. The third-order valence-corrected chi connectivity index (χ3v) is 4.37. The minimum Gasteiger partial charge on any atom is -0.465 e. The van der Waals surface area contributed by atoms with E-state index in [1.165, 1.54) is 11.3 Å². The van der Waals surface area contributed by atoms with Gasteiger partial charge in [0.05, 0.1) is 5.69 Å². The summed E-state index contributed by atoms with van der Waals surface area (Å²) in [5.41, 5.74) is 7.17. The van der Waals surface area contributed by atoms with Crippen LogP contribution >= 0.6 is 11.3 Å².